The molecule has 0 aromatic heterocycles. The molecule has 1 unspecified atom stereocenters. The normalized spacial score (nSPS) is 33.6. The maximum Gasteiger partial charge on any atom is 0.0468 e. The van der Waals surface area contributed by atoms with E-state index >= 15 is 0 Å². The van der Waals surface area contributed by atoms with Gasteiger partial charge in [0.2, 0.25) is 0 Å². The topological polar surface area (TPSA) is 35.7 Å². The van der Waals surface area contributed by atoms with Gasteiger partial charge in [0, 0.05) is 44.3 Å². The zero-order valence-electron chi connectivity index (χ0n) is 12.5. The summed E-state index contributed by atoms with van der Waals surface area (Å²) >= 11 is 0. The molecular weight excluding hydrogens is 236 g/mol. The Morgan fingerprint density at radius 3 is 2.58 bits per heavy atom. The molecule has 1 aliphatic carbocycles. The molecule has 3 rings (SSSR count). The van der Waals surface area contributed by atoms with E-state index in [1.807, 2.05) is 0 Å². The number of nitrogens with two attached hydrogens (primary N) is 1. The van der Waals surface area contributed by atoms with Crippen molar-refractivity contribution in [1.29, 1.82) is 0 Å². The Labute approximate surface area is 117 Å². The summed E-state index contributed by atoms with van der Waals surface area (Å²) in [6.07, 6.45) is 6.87. The second-order valence-corrected chi connectivity index (χ2v) is 6.85. The van der Waals surface area contributed by atoms with Gasteiger partial charge in [0.15, 0.2) is 0 Å². The monoisotopic (exact) mass is 266 g/mol. The van der Waals surface area contributed by atoms with Crippen molar-refractivity contribution in [2.75, 3.05) is 52.9 Å². The largest absolute Gasteiger partial charge is 0.329 e. The van der Waals surface area contributed by atoms with Crippen LogP contribution >= 0.6 is 0 Å². The Morgan fingerprint density at radius 2 is 1.95 bits per heavy atom. The summed E-state index contributed by atoms with van der Waals surface area (Å²) in [6, 6.07) is 0.889. The Balaban J connectivity index is 1.51. The molecule has 0 aromatic rings. The fourth-order valence-electron chi connectivity index (χ4n) is 3.81. The van der Waals surface area contributed by atoms with E-state index in [1.165, 1.54) is 71.4 Å². The molecule has 0 amide bonds. The molecule has 0 spiro atoms. The van der Waals surface area contributed by atoms with E-state index in [2.05, 4.69) is 21.7 Å². The van der Waals surface area contributed by atoms with E-state index < -0.39 is 0 Å². The molecule has 110 valence electrons. The van der Waals surface area contributed by atoms with Gasteiger partial charge < -0.3 is 10.6 Å². The highest BCUT2D eigenvalue weighted by Crippen LogP contribution is 2.35. The van der Waals surface area contributed by atoms with Crippen molar-refractivity contribution in [2.45, 2.75) is 43.7 Å². The molecule has 2 heterocycles. The first-order valence-corrected chi connectivity index (χ1v) is 8.11. The predicted octanol–water partition coefficient (Wildman–Crippen LogP) is 0.580. The molecule has 2 aliphatic heterocycles. The molecule has 4 heteroatoms. The quantitative estimate of drug-likeness (QED) is 0.763. The van der Waals surface area contributed by atoms with E-state index in [9.17, 15) is 0 Å². The van der Waals surface area contributed by atoms with Crippen LogP contribution in [0.5, 0.6) is 0 Å². The first-order chi connectivity index (χ1) is 9.23. The van der Waals surface area contributed by atoms with Crippen LogP contribution in [0.4, 0.5) is 0 Å². The lowest BCUT2D eigenvalue weighted by atomic mass is 9.96. The van der Waals surface area contributed by atoms with Gasteiger partial charge in [0.25, 0.3) is 0 Å². The van der Waals surface area contributed by atoms with Crippen molar-refractivity contribution in [1.82, 2.24) is 14.7 Å². The number of hydrogen-bond acceptors (Lipinski definition) is 4. The first-order valence-electron chi connectivity index (χ1n) is 8.11. The molecule has 3 fully saturated rings. The number of hydrogen-bond donors (Lipinski definition) is 1. The minimum absolute atomic E-state index is 0.252. The minimum atomic E-state index is 0.252. The van der Waals surface area contributed by atoms with Crippen LogP contribution in [0.1, 0.15) is 32.1 Å². The Hall–Kier alpha value is -0.160. The predicted molar refractivity (Wildman–Crippen MR) is 79.3 cm³/mol. The van der Waals surface area contributed by atoms with Crippen LogP contribution in [0.2, 0.25) is 0 Å². The average Bonchev–Trinajstić information content (AvgIpc) is 2.99. The van der Waals surface area contributed by atoms with Gasteiger partial charge in [-0.05, 0) is 52.2 Å². The van der Waals surface area contributed by atoms with Crippen molar-refractivity contribution < 1.29 is 0 Å². The summed E-state index contributed by atoms with van der Waals surface area (Å²) in [6.45, 7) is 8.28. The average molecular weight is 266 g/mol. The van der Waals surface area contributed by atoms with Crippen molar-refractivity contribution >= 4 is 0 Å². The highest BCUT2D eigenvalue weighted by atomic mass is 15.3. The molecule has 19 heavy (non-hydrogen) atoms. The Morgan fingerprint density at radius 1 is 1.21 bits per heavy atom. The van der Waals surface area contributed by atoms with Crippen LogP contribution in [-0.4, -0.2) is 79.1 Å². The molecule has 0 bridgehead atoms. The van der Waals surface area contributed by atoms with Gasteiger partial charge in [-0.25, -0.2) is 0 Å². The number of likely N-dealkylation sites (tertiary alicyclic amines) is 2. The summed E-state index contributed by atoms with van der Waals surface area (Å²) in [7, 11) is 2.29. The lowest BCUT2D eigenvalue weighted by molar-refractivity contribution is 0.115. The van der Waals surface area contributed by atoms with Gasteiger partial charge >= 0.3 is 0 Å². The molecule has 3 aliphatic rings. The number of nitrogens with zero attached hydrogens (tertiary/aromatic N) is 3. The third kappa shape index (κ3) is 2.97. The second-order valence-electron chi connectivity index (χ2n) is 6.85. The van der Waals surface area contributed by atoms with E-state index in [0.29, 0.717) is 0 Å². The van der Waals surface area contributed by atoms with Crippen molar-refractivity contribution in [3.63, 3.8) is 0 Å². The van der Waals surface area contributed by atoms with Crippen LogP contribution in [0, 0.1) is 0 Å². The fourth-order valence-corrected chi connectivity index (χ4v) is 3.81. The lowest BCUT2D eigenvalue weighted by Crippen LogP contribution is -2.55. The standard InChI is InChI=1S/C15H30N4/c1-17(10-11-18-7-2-3-8-18)15(12-16)6-9-19(13-15)14-4-5-14/h14H,2-13,16H2,1H3. The fraction of sp³-hybridized carbons (Fsp3) is 1.00. The molecule has 1 atom stereocenters. The van der Waals surface area contributed by atoms with Crippen molar-refractivity contribution in [3.8, 4) is 0 Å². The van der Waals surface area contributed by atoms with E-state index in [4.69, 9.17) is 5.73 Å². The van der Waals surface area contributed by atoms with E-state index in [1.54, 1.807) is 0 Å². The minimum Gasteiger partial charge on any atom is -0.329 e. The molecule has 4 nitrogen and oxygen atoms in total. The van der Waals surface area contributed by atoms with Crippen LogP contribution in [-0.2, 0) is 0 Å². The molecule has 0 radical (unpaired) electrons. The van der Waals surface area contributed by atoms with Gasteiger partial charge in [0.1, 0.15) is 0 Å². The van der Waals surface area contributed by atoms with Gasteiger partial charge in [-0.15, -0.1) is 0 Å². The zero-order valence-corrected chi connectivity index (χ0v) is 12.5. The van der Waals surface area contributed by atoms with Crippen LogP contribution < -0.4 is 5.73 Å². The smallest absolute Gasteiger partial charge is 0.0468 e. The summed E-state index contributed by atoms with van der Waals surface area (Å²) in [5.41, 5.74) is 6.41. The Bertz CT molecular complexity index is 299. The Kier molecular flexibility index (Phi) is 4.13. The van der Waals surface area contributed by atoms with E-state index in [-0.39, 0.29) is 5.54 Å². The molecular formula is C15H30N4. The lowest BCUT2D eigenvalue weighted by Gasteiger charge is -2.39. The highest BCUT2D eigenvalue weighted by Gasteiger charge is 2.44. The van der Waals surface area contributed by atoms with Crippen LogP contribution in [0.25, 0.3) is 0 Å². The molecule has 2 N–H and O–H groups in total. The molecule has 1 saturated carbocycles. The van der Waals surface area contributed by atoms with E-state index in [0.717, 1.165) is 12.6 Å². The molecule has 2 saturated heterocycles. The number of likely N-dealkylation sites (N-methyl/N-ethyl adjacent to an activating group) is 1. The summed E-state index contributed by atoms with van der Waals surface area (Å²) in [5.74, 6) is 0. The summed E-state index contributed by atoms with van der Waals surface area (Å²) < 4.78 is 0. The number of rotatable bonds is 6. The van der Waals surface area contributed by atoms with Gasteiger partial charge in [-0.1, -0.05) is 0 Å². The highest BCUT2D eigenvalue weighted by molar-refractivity contribution is 5.03. The van der Waals surface area contributed by atoms with Crippen LogP contribution in [0.3, 0.4) is 0 Å². The third-order valence-electron chi connectivity index (χ3n) is 5.57. The molecule has 0 aromatic carbocycles. The SMILES string of the molecule is CN(CCN1CCCC1)C1(CN)CCN(C2CC2)C1. The summed E-state index contributed by atoms with van der Waals surface area (Å²) in [4.78, 5) is 7.85. The first kappa shape index (κ1) is 13.8. The maximum atomic E-state index is 6.15. The second kappa shape index (κ2) is 5.68. The zero-order chi connectivity index (χ0) is 13.3. The maximum absolute atomic E-state index is 6.15. The summed E-state index contributed by atoms with van der Waals surface area (Å²) in [5, 5.41) is 0. The van der Waals surface area contributed by atoms with Crippen molar-refractivity contribution in [3.05, 3.63) is 0 Å². The third-order valence-corrected chi connectivity index (χ3v) is 5.57. The van der Waals surface area contributed by atoms with Gasteiger partial charge in [-0.2, -0.15) is 0 Å². The van der Waals surface area contributed by atoms with Gasteiger partial charge in [0.05, 0.1) is 0 Å². The van der Waals surface area contributed by atoms with Crippen LogP contribution in [0.15, 0.2) is 0 Å². The van der Waals surface area contributed by atoms with Gasteiger partial charge in [-0.3, -0.25) is 9.80 Å². The van der Waals surface area contributed by atoms with Crippen molar-refractivity contribution in [2.24, 2.45) is 5.73 Å².